The van der Waals surface area contributed by atoms with Crippen molar-refractivity contribution in [3.8, 4) is 6.07 Å². The van der Waals surface area contributed by atoms with Crippen LogP contribution in [0.2, 0.25) is 0 Å². The van der Waals surface area contributed by atoms with Crippen molar-refractivity contribution in [1.29, 1.82) is 5.26 Å². The number of fused-ring (bicyclic) bond motifs is 1. The second kappa shape index (κ2) is 4.30. The number of aryl methyl sites for hydroxylation is 1. The van der Waals surface area contributed by atoms with E-state index in [0.29, 0.717) is 5.69 Å². The minimum absolute atomic E-state index is 0.587. The van der Waals surface area contributed by atoms with Gasteiger partial charge in [0.1, 0.15) is 17.5 Å². The summed E-state index contributed by atoms with van der Waals surface area (Å²) in [5, 5.41) is 10.2. The Labute approximate surface area is 100 Å². The molecule has 17 heavy (non-hydrogen) atoms. The Morgan fingerprint density at radius 3 is 2.71 bits per heavy atom. The largest absolute Gasteiger partial charge is 0.369 e. The zero-order chi connectivity index (χ0) is 12.4. The minimum Gasteiger partial charge on any atom is -0.369 e. The van der Waals surface area contributed by atoms with Crippen LogP contribution in [-0.2, 0) is 7.05 Å². The van der Waals surface area contributed by atoms with Gasteiger partial charge in [-0.15, -0.1) is 0 Å². The van der Waals surface area contributed by atoms with E-state index in [1.165, 1.54) is 0 Å². The number of rotatable bonds is 2. The van der Waals surface area contributed by atoms with Crippen LogP contribution < -0.4 is 0 Å². The van der Waals surface area contributed by atoms with Crippen molar-refractivity contribution in [1.82, 2.24) is 9.47 Å². The third kappa shape index (κ3) is 1.87. The molecule has 4 nitrogen and oxygen atoms in total. The molecule has 0 N–H and O–H groups in total. The molecular formula is C13H14N4. The maximum atomic E-state index is 9.21. The van der Waals surface area contributed by atoms with Gasteiger partial charge in [-0.2, -0.15) is 5.26 Å². The lowest BCUT2D eigenvalue weighted by atomic mass is 10.2. The van der Waals surface area contributed by atoms with E-state index < -0.39 is 0 Å². The predicted octanol–water partition coefficient (Wildman–Crippen LogP) is 2.27. The molecule has 0 aliphatic heterocycles. The van der Waals surface area contributed by atoms with Crippen LogP contribution in [-0.4, -0.2) is 29.9 Å². The number of nitriles is 1. The molecule has 0 saturated carbocycles. The molecule has 1 aromatic heterocycles. The average molecular weight is 226 g/mol. The highest BCUT2D eigenvalue weighted by Crippen LogP contribution is 2.31. The van der Waals surface area contributed by atoms with Gasteiger partial charge in [0.2, 0.25) is 0 Å². The third-order valence-corrected chi connectivity index (χ3v) is 2.60. The molecular weight excluding hydrogens is 212 g/mol. The summed E-state index contributed by atoms with van der Waals surface area (Å²) in [6.45, 7) is 0. The lowest BCUT2D eigenvalue weighted by Crippen LogP contribution is -2.07. The SMILES string of the molecule is CN(C)C=Nc1c(C#N)n(C)c2ccccc12. The van der Waals surface area contributed by atoms with Crippen LogP contribution in [0.25, 0.3) is 10.9 Å². The molecule has 0 spiro atoms. The summed E-state index contributed by atoms with van der Waals surface area (Å²) >= 11 is 0. The van der Waals surface area contributed by atoms with Crippen molar-refractivity contribution in [2.75, 3.05) is 14.1 Å². The van der Waals surface area contributed by atoms with E-state index in [2.05, 4.69) is 11.1 Å². The maximum Gasteiger partial charge on any atom is 0.147 e. The Bertz CT molecular complexity index is 614. The molecule has 0 bridgehead atoms. The number of aromatic nitrogens is 1. The third-order valence-electron chi connectivity index (χ3n) is 2.60. The Morgan fingerprint density at radius 1 is 1.35 bits per heavy atom. The summed E-state index contributed by atoms with van der Waals surface area (Å²) in [7, 11) is 5.69. The van der Waals surface area contributed by atoms with Gasteiger partial charge < -0.3 is 9.47 Å². The fourth-order valence-corrected chi connectivity index (χ4v) is 1.81. The Balaban J connectivity index is 2.72. The first-order valence-corrected chi connectivity index (χ1v) is 5.33. The molecule has 0 aliphatic rings. The molecule has 1 heterocycles. The molecule has 2 rings (SSSR count). The van der Waals surface area contributed by atoms with Crippen molar-refractivity contribution in [2.24, 2.45) is 12.0 Å². The van der Waals surface area contributed by atoms with Crippen LogP contribution in [0.3, 0.4) is 0 Å². The van der Waals surface area contributed by atoms with Crippen LogP contribution in [0.15, 0.2) is 29.3 Å². The van der Waals surface area contributed by atoms with E-state index in [9.17, 15) is 5.26 Å². The van der Waals surface area contributed by atoms with Crippen LogP contribution >= 0.6 is 0 Å². The average Bonchev–Trinajstić information content (AvgIpc) is 2.60. The lowest BCUT2D eigenvalue weighted by molar-refractivity contribution is 0.643. The summed E-state index contributed by atoms with van der Waals surface area (Å²) in [5.74, 6) is 0. The fourth-order valence-electron chi connectivity index (χ4n) is 1.81. The highest BCUT2D eigenvalue weighted by atomic mass is 15.1. The van der Waals surface area contributed by atoms with Gasteiger partial charge in [0.25, 0.3) is 0 Å². The zero-order valence-electron chi connectivity index (χ0n) is 10.2. The molecule has 0 radical (unpaired) electrons. The van der Waals surface area contributed by atoms with E-state index in [-0.39, 0.29) is 0 Å². The first kappa shape index (κ1) is 11.2. The number of aliphatic imine (C=N–C) groups is 1. The Kier molecular flexibility index (Phi) is 2.84. The highest BCUT2D eigenvalue weighted by Gasteiger charge is 2.13. The lowest BCUT2D eigenvalue weighted by Gasteiger charge is -2.01. The van der Waals surface area contributed by atoms with Gasteiger partial charge in [0.15, 0.2) is 0 Å². The summed E-state index contributed by atoms with van der Waals surface area (Å²) in [4.78, 5) is 6.23. The summed E-state index contributed by atoms with van der Waals surface area (Å²) in [5.41, 5.74) is 2.35. The summed E-state index contributed by atoms with van der Waals surface area (Å²) < 4.78 is 1.87. The van der Waals surface area contributed by atoms with Crippen molar-refractivity contribution < 1.29 is 0 Å². The molecule has 0 saturated heterocycles. The zero-order valence-corrected chi connectivity index (χ0v) is 10.2. The van der Waals surface area contributed by atoms with Crippen LogP contribution in [0.1, 0.15) is 5.69 Å². The molecule has 2 aromatic rings. The predicted molar refractivity (Wildman–Crippen MR) is 69.5 cm³/mol. The Morgan fingerprint density at radius 2 is 2.06 bits per heavy atom. The first-order chi connectivity index (χ1) is 8.15. The molecule has 0 amide bonds. The van der Waals surface area contributed by atoms with Gasteiger partial charge in [-0.25, -0.2) is 4.99 Å². The molecule has 4 heteroatoms. The highest BCUT2D eigenvalue weighted by molar-refractivity contribution is 5.96. The standard InChI is InChI=1S/C13H14N4/c1-16(2)9-15-13-10-6-4-5-7-11(10)17(3)12(13)8-14/h4-7,9H,1-3H3. The van der Waals surface area contributed by atoms with Gasteiger partial charge in [-0.3, -0.25) is 0 Å². The van der Waals surface area contributed by atoms with Crippen molar-refractivity contribution in [2.45, 2.75) is 0 Å². The number of benzene rings is 1. The minimum atomic E-state index is 0.587. The van der Waals surface area contributed by atoms with E-state index in [4.69, 9.17) is 0 Å². The van der Waals surface area contributed by atoms with E-state index in [1.807, 2.05) is 54.9 Å². The number of hydrogen-bond acceptors (Lipinski definition) is 2. The molecule has 1 aromatic carbocycles. The maximum absolute atomic E-state index is 9.21. The van der Waals surface area contributed by atoms with Gasteiger partial charge in [0, 0.05) is 26.5 Å². The fraction of sp³-hybridized carbons (Fsp3) is 0.231. The monoisotopic (exact) mass is 226 g/mol. The molecule has 0 aliphatic carbocycles. The molecule has 86 valence electrons. The smallest absolute Gasteiger partial charge is 0.147 e. The Hall–Kier alpha value is -2.28. The summed E-state index contributed by atoms with van der Waals surface area (Å²) in [6, 6.07) is 10.1. The molecule has 0 atom stereocenters. The van der Waals surface area contributed by atoms with E-state index in [0.717, 1.165) is 16.6 Å². The van der Waals surface area contributed by atoms with Gasteiger partial charge in [-0.05, 0) is 6.07 Å². The first-order valence-electron chi connectivity index (χ1n) is 5.33. The summed E-state index contributed by atoms with van der Waals surface area (Å²) in [6.07, 6.45) is 1.71. The quantitative estimate of drug-likeness (QED) is 0.582. The van der Waals surface area contributed by atoms with E-state index in [1.54, 1.807) is 6.34 Å². The van der Waals surface area contributed by atoms with Crippen LogP contribution in [0.5, 0.6) is 0 Å². The normalized spacial score (nSPS) is 10.9. The number of hydrogen-bond donors (Lipinski definition) is 0. The molecule has 0 unspecified atom stereocenters. The van der Waals surface area contributed by atoms with Gasteiger partial charge in [-0.1, -0.05) is 18.2 Å². The van der Waals surface area contributed by atoms with Crippen molar-refractivity contribution >= 4 is 22.9 Å². The van der Waals surface area contributed by atoms with Crippen molar-refractivity contribution in [3.05, 3.63) is 30.0 Å². The van der Waals surface area contributed by atoms with Gasteiger partial charge in [0.05, 0.1) is 11.9 Å². The second-order valence-corrected chi connectivity index (χ2v) is 4.09. The van der Waals surface area contributed by atoms with E-state index >= 15 is 0 Å². The van der Waals surface area contributed by atoms with Gasteiger partial charge >= 0.3 is 0 Å². The van der Waals surface area contributed by atoms with Crippen molar-refractivity contribution in [3.63, 3.8) is 0 Å². The number of nitrogens with zero attached hydrogens (tertiary/aromatic N) is 4. The second-order valence-electron chi connectivity index (χ2n) is 4.09. The van der Waals surface area contributed by atoms with Crippen LogP contribution in [0, 0.1) is 11.3 Å². The number of para-hydroxylation sites is 1. The molecule has 0 fully saturated rings. The topological polar surface area (TPSA) is 44.3 Å². The van der Waals surface area contributed by atoms with Crippen LogP contribution in [0.4, 0.5) is 5.69 Å².